The van der Waals surface area contributed by atoms with E-state index in [1.807, 2.05) is 26.8 Å². The number of aryl methyl sites for hydroxylation is 3. The van der Waals surface area contributed by atoms with Gasteiger partial charge in [-0.15, -0.1) is 5.01 Å². The van der Waals surface area contributed by atoms with Crippen LogP contribution >= 0.6 is 0 Å². The molecule has 0 fully saturated rings. The molecular weight excluding hydrogens is 598 g/mol. The summed E-state index contributed by atoms with van der Waals surface area (Å²) in [6, 6.07) is 21.6. The Hall–Kier alpha value is -5.51. The molecule has 10 heteroatoms. The van der Waals surface area contributed by atoms with Crippen LogP contribution in [0.2, 0.25) is 0 Å². The van der Waals surface area contributed by atoms with Crippen molar-refractivity contribution in [3.8, 4) is 5.75 Å². The summed E-state index contributed by atoms with van der Waals surface area (Å²) >= 11 is 0. The summed E-state index contributed by atoms with van der Waals surface area (Å²) in [5, 5.41) is 1.73. The van der Waals surface area contributed by atoms with E-state index < -0.39 is 35.7 Å². The molecule has 0 aliphatic heterocycles. The standard InChI is InChI=1S/C37H39N3O7/c1-23-15-17-27(18-16-23)35(46-34(43)30-13-9-10-19-38-30)47-36(44)39(33(42)29-12-11-14-31(45-8)26(29)4)40(37(5,6)7)32(41)28-21-24(2)20-25(3)22-28/h9-22,35H,1-8H3. The van der Waals surface area contributed by atoms with Gasteiger partial charge >= 0.3 is 12.1 Å². The molecule has 4 rings (SSSR count). The van der Waals surface area contributed by atoms with Crippen LogP contribution in [-0.2, 0) is 9.47 Å². The van der Waals surface area contributed by atoms with Crippen LogP contribution < -0.4 is 4.74 Å². The molecule has 1 heterocycles. The molecule has 1 aromatic heterocycles. The Labute approximate surface area is 274 Å². The molecule has 0 saturated heterocycles. The highest BCUT2D eigenvalue weighted by Crippen LogP contribution is 2.30. The summed E-state index contributed by atoms with van der Waals surface area (Å²) in [6.45, 7) is 12.3. The molecule has 1 atom stereocenters. The maximum absolute atomic E-state index is 14.5. The SMILES string of the molecule is COc1cccc(C(=O)N(C(=O)OC(OC(=O)c2ccccn2)c2ccc(C)cc2)N(C(=O)c2cc(C)cc(C)c2)C(C)(C)C)c1C. The molecule has 3 aromatic carbocycles. The van der Waals surface area contributed by atoms with Gasteiger partial charge in [0.2, 0.25) is 0 Å². The molecule has 0 saturated carbocycles. The monoisotopic (exact) mass is 637 g/mol. The summed E-state index contributed by atoms with van der Waals surface area (Å²) < 4.78 is 16.9. The molecule has 0 aliphatic carbocycles. The number of carbonyl (C=O) groups excluding carboxylic acids is 4. The van der Waals surface area contributed by atoms with E-state index in [1.165, 1.54) is 25.4 Å². The van der Waals surface area contributed by atoms with E-state index in [1.54, 1.807) is 88.4 Å². The van der Waals surface area contributed by atoms with Crippen LogP contribution in [0.25, 0.3) is 0 Å². The maximum atomic E-state index is 14.5. The number of amides is 3. The highest BCUT2D eigenvalue weighted by atomic mass is 16.7. The van der Waals surface area contributed by atoms with E-state index >= 15 is 0 Å². The van der Waals surface area contributed by atoms with Gasteiger partial charge < -0.3 is 14.2 Å². The molecule has 0 N–H and O–H groups in total. The summed E-state index contributed by atoms with van der Waals surface area (Å²) in [7, 11) is 1.47. The molecule has 3 amide bonds. The second-order valence-corrected chi connectivity index (χ2v) is 12.2. The molecule has 47 heavy (non-hydrogen) atoms. The largest absolute Gasteiger partial charge is 0.496 e. The lowest BCUT2D eigenvalue weighted by atomic mass is 10.0. The van der Waals surface area contributed by atoms with Crippen molar-refractivity contribution in [3.05, 3.63) is 130 Å². The van der Waals surface area contributed by atoms with Gasteiger partial charge in [0.05, 0.1) is 12.6 Å². The Morgan fingerprint density at radius 1 is 0.745 bits per heavy atom. The van der Waals surface area contributed by atoms with Gasteiger partial charge in [0.15, 0.2) is 0 Å². The molecule has 244 valence electrons. The third-order valence-corrected chi connectivity index (χ3v) is 7.24. The predicted molar refractivity (Wildman–Crippen MR) is 176 cm³/mol. The number of nitrogens with zero attached hydrogens (tertiary/aromatic N) is 3. The van der Waals surface area contributed by atoms with E-state index in [2.05, 4.69) is 4.98 Å². The van der Waals surface area contributed by atoms with Gasteiger partial charge in [-0.3, -0.25) is 9.59 Å². The average molecular weight is 638 g/mol. The number of hydrogen-bond acceptors (Lipinski definition) is 8. The van der Waals surface area contributed by atoms with Crippen molar-refractivity contribution in [3.63, 3.8) is 0 Å². The van der Waals surface area contributed by atoms with Crippen molar-refractivity contribution in [2.75, 3.05) is 7.11 Å². The number of ether oxygens (including phenoxy) is 3. The fraction of sp³-hybridized carbons (Fsp3) is 0.270. The quantitative estimate of drug-likeness (QED) is 0.118. The maximum Gasteiger partial charge on any atom is 0.439 e. The van der Waals surface area contributed by atoms with Crippen molar-refractivity contribution >= 4 is 23.9 Å². The molecule has 0 aliphatic rings. The van der Waals surface area contributed by atoms with E-state index in [4.69, 9.17) is 14.2 Å². The molecule has 0 spiro atoms. The first-order valence-corrected chi connectivity index (χ1v) is 15.0. The first-order chi connectivity index (χ1) is 22.2. The van der Waals surface area contributed by atoms with Crippen molar-refractivity contribution in [1.29, 1.82) is 0 Å². The highest BCUT2D eigenvalue weighted by Gasteiger charge is 2.43. The summed E-state index contributed by atoms with van der Waals surface area (Å²) in [4.78, 5) is 60.4. The van der Waals surface area contributed by atoms with Gasteiger partial charge in [-0.2, -0.15) is 0 Å². The predicted octanol–water partition coefficient (Wildman–Crippen LogP) is 7.31. The lowest BCUT2D eigenvalue weighted by Crippen LogP contribution is -2.60. The van der Waals surface area contributed by atoms with Crippen LogP contribution in [0, 0.1) is 27.7 Å². The molecular formula is C37H39N3O7. The summed E-state index contributed by atoms with van der Waals surface area (Å²) in [5.41, 5.74) is 2.56. The van der Waals surface area contributed by atoms with Gasteiger partial charge in [0, 0.05) is 28.5 Å². The van der Waals surface area contributed by atoms with Gasteiger partial charge in [-0.05, 0) is 84.9 Å². The van der Waals surface area contributed by atoms with Gasteiger partial charge in [-0.25, -0.2) is 19.6 Å². The average Bonchev–Trinajstić information content (AvgIpc) is 3.02. The third-order valence-electron chi connectivity index (χ3n) is 7.24. The van der Waals surface area contributed by atoms with Crippen molar-refractivity contribution < 1.29 is 33.4 Å². The fourth-order valence-electron chi connectivity index (χ4n) is 5.02. The highest BCUT2D eigenvalue weighted by molar-refractivity contribution is 6.07. The van der Waals surface area contributed by atoms with Crippen LogP contribution in [0.3, 0.4) is 0 Å². The number of hydrogen-bond donors (Lipinski definition) is 0. The lowest BCUT2D eigenvalue weighted by Gasteiger charge is -2.42. The van der Waals surface area contributed by atoms with Crippen LogP contribution in [0.15, 0.2) is 85.1 Å². The number of pyridine rings is 1. The Morgan fingerprint density at radius 3 is 1.98 bits per heavy atom. The topological polar surface area (TPSA) is 115 Å². The van der Waals surface area contributed by atoms with Crippen LogP contribution in [-0.4, -0.2) is 51.5 Å². The number of imide groups is 1. The van der Waals surface area contributed by atoms with Crippen molar-refractivity contribution in [2.24, 2.45) is 0 Å². The number of aromatic nitrogens is 1. The van der Waals surface area contributed by atoms with E-state index in [-0.39, 0.29) is 16.8 Å². The first-order valence-electron chi connectivity index (χ1n) is 15.0. The lowest BCUT2D eigenvalue weighted by molar-refractivity contribution is -0.103. The number of benzene rings is 3. The minimum absolute atomic E-state index is 0.0121. The molecule has 0 bridgehead atoms. The zero-order chi connectivity index (χ0) is 34.5. The number of methoxy groups -OCH3 is 1. The van der Waals surface area contributed by atoms with E-state index in [9.17, 15) is 19.2 Å². The smallest absolute Gasteiger partial charge is 0.439 e. The normalized spacial score (nSPS) is 11.7. The third kappa shape index (κ3) is 8.02. The van der Waals surface area contributed by atoms with Crippen molar-refractivity contribution in [2.45, 2.75) is 60.3 Å². The number of rotatable bonds is 7. The molecule has 10 nitrogen and oxygen atoms in total. The van der Waals surface area contributed by atoms with Crippen molar-refractivity contribution in [1.82, 2.24) is 15.0 Å². The molecule has 1 unspecified atom stereocenters. The zero-order valence-corrected chi connectivity index (χ0v) is 27.9. The fourth-order valence-corrected chi connectivity index (χ4v) is 5.02. The summed E-state index contributed by atoms with van der Waals surface area (Å²) in [6.07, 6.45) is -1.41. The number of carbonyl (C=O) groups is 4. The van der Waals surface area contributed by atoms with Crippen LogP contribution in [0.1, 0.15) is 86.1 Å². The Balaban J connectivity index is 1.86. The Kier molecular flexibility index (Phi) is 10.4. The van der Waals surface area contributed by atoms with Gasteiger partial charge in [-0.1, -0.05) is 59.2 Å². The molecule has 4 aromatic rings. The van der Waals surface area contributed by atoms with Crippen LogP contribution in [0.4, 0.5) is 4.79 Å². The minimum Gasteiger partial charge on any atom is -0.496 e. The molecule has 0 radical (unpaired) electrons. The first kappa shape index (κ1) is 34.4. The van der Waals surface area contributed by atoms with E-state index in [0.717, 1.165) is 21.7 Å². The second-order valence-electron chi connectivity index (χ2n) is 12.2. The van der Waals surface area contributed by atoms with Crippen LogP contribution in [0.5, 0.6) is 5.75 Å². The Morgan fingerprint density at radius 2 is 1.40 bits per heavy atom. The Bertz CT molecular complexity index is 1760. The van der Waals surface area contributed by atoms with Gasteiger partial charge in [0.1, 0.15) is 11.4 Å². The van der Waals surface area contributed by atoms with Gasteiger partial charge in [0.25, 0.3) is 18.1 Å². The minimum atomic E-state index is -1.60. The van der Waals surface area contributed by atoms with E-state index in [0.29, 0.717) is 21.9 Å². The zero-order valence-electron chi connectivity index (χ0n) is 27.9. The second kappa shape index (κ2) is 14.3. The summed E-state index contributed by atoms with van der Waals surface area (Å²) in [5.74, 6) is -1.91. The number of esters is 1. The number of hydrazine groups is 1.